The molecule has 1 unspecified atom stereocenters. The van der Waals surface area contributed by atoms with E-state index in [1.807, 2.05) is 0 Å². The Hall–Kier alpha value is -3.94. The summed E-state index contributed by atoms with van der Waals surface area (Å²) in [7, 11) is 1.53. The number of rotatable bonds is 4. The van der Waals surface area contributed by atoms with Crippen LogP contribution in [0.5, 0.6) is 5.75 Å². The molecule has 0 radical (unpaired) electrons. The van der Waals surface area contributed by atoms with Gasteiger partial charge in [-0.1, -0.05) is 0 Å². The van der Waals surface area contributed by atoms with E-state index in [2.05, 4.69) is 9.97 Å². The van der Waals surface area contributed by atoms with Crippen LogP contribution in [0.2, 0.25) is 0 Å². The van der Waals surface area contributed by atoms with Gasteiger partial charge in [0.15, 0.2) is 0 Å². The highest BCUT2D eigenvalue weighted by atomic mass is 16.5. The zero-order chi connectivity index (χ0) is 20.5. The Morgan fingerprint density at radius 1 is 1.10 bits per heavy atom. The molecule has 1 fully saturated rings. The topological polar surface area (TPSA) is 106 Å². The largest absolute Gasteiger partial charge is 0.507 e. The maximum Gasteiger partial charge on any atom is 0.302 e. The molecule has 1 saturated heterocycles. The molecule has 29 heavy (non-hydrogen) atoms. The zero-order valence-corrected chi connectivity index (χ0v) is 15.7. The Morgan fingerprint density at radius 3 is 2.38 bits per heavy atom. The van der Waals surface area contributed by atoms with Crippen LogP contribution in [0.4, 0.5) is 5.95 Å². The average Bonchev–Trinajstić information content (AvgIpc) is 3.29. The summed E-state index contributed by atoms with van der Waals surface area (Å²) in [5, 5.41) is 10.9. The van der Waals surface area contributed by atoms with Crippen LogP contribution in [0.15, 0.2) is 64.8 Å². The highest BCUT2D eigenvalue weighted by Gasteiger charge is 2.49. The summed E-state index contributed by atoms with van der Waals surface area (Å²) in [4.78, 5) is 35.0. The number of carbonyl (C=O) groups excluding carboxylic acids is 2. The number of aliphatic hydroxyl groups excluding tert-OH is 1. The van der Waals surface area contributed by atoms with Gasteiger partial charge in [-0.2, -0.15) is 0 Å². The van der Waals surface area contributed by atoms with Crippen LogP contribution in [0.3, 0.4) is 0 Å². The maximum atomic E-state index is 12.9. The standard InChI is InChI=1S/C21H17N3O5/c1-12-4-9-15(29-12)17-16(18(25)13-5-7-14(28-2)8-6-13)19(26)20(27)24(17)21-22-10-3-11-23-21/h3-11,17,25H,1-2H3/b18-16-. The molecule has 3 aromatic rings. The lowest BCUT2D eigenvalue weighted by molar-refractivity contribution is -0.132. The number of ketones is 1. The minimum absolute atomic E-state index is 0.0439. The summed E-state index contributed by atoms with van der Waals surface area (Å²) < 4.78 is 10.8. The fraction of sp³-hybridized carbons (Fsp3) is 0.143. The molecule has 1 N–H and O–H groups in total. The quantitative estimate of drug-likeness (QED) is 0.414. The van der Waals surface area contributed by atoms with Crippen molar-refractivity contribution in [2.45, 2.75) is 13.0 Å². The van der Waals surface area contributed by atoms with Crippen LogP contribution in [0.25, 0.3) is 5.76 Å². The van der Waals surface area contributed by atoms with E-state index in [1.165, 1.54) is 19.5 Å². The summed E-state index contributed by atoms with van der Waals surface area (Å²) >= 11 is 0. The van der Waals surface area contributed by atoms with Gasteiger partial charge >= 0.3 is 5.91 Å². The second kappa shape index (κ2) is 7.23. The van der Waals surface area contributed by atoms with Crippen LogP contribution in [0, 0.1) is 6.92 Å². The van der Waals surface area contributed by atoms with E-state index in [0.29, 0.717) is 22.8 Å². The van der Waals surface area contributed by atoms with Crippen LogP contribution < -0.4 is 9.64 Å². The molecule has 4 rings (SSSR count). The molecule has 146 valence electrons. The van der Waals surface area contributed by atoms with Gasteiger partial charge in [0.25, 0.3) is 5.78 Å². The summed E-state index contributed by atoms with van der Waals surface area (Å²) in [6.45, 7) is 1.75. The van der Waals surface area contributed by atoms with Crippen LogP contribution in [0.1, 0.15) is 23.1 Å². The first-order valence-corrected chi connectivity index (χ1v) is 8.80. The van der Waals surface area contributed by atoms with Crippen molar-refractivity contribution in [1.29, 1.82) is 0 Å². The lowest BCUT2D eigenvalue weighted by Crippen LogP contribution is -2.30. The number of methoxy groups -OCH3 is 1. The van der Waals surface area contributed by atoms with Gasteiger partial charge in [-0.3, -0.25) is 14.5 Å². The van der Waals surface area contributed by atoms with Crippen LogP contribution in [-0.2, 0) is 9.59 Å². The van der Waals surface area contributed by atoms with Crippen molar-refractivity contribution >= 4 is 23.4 Å². The third kappa shape index (κ3) is 3.14. The van der Waals surface area contributed by atoms with E-state index in [9.17, 15) is 14.7 Å². The van der Waals surface area contributed by atoms with E-state index in [4.69, 9.17) is 9.15 Å². The van der Waals surface area contributed by atoms with Crippen molar-refractivity contribution in [2.75, 3.05) is 12.0 Å². The Balaban J connectivity index is 1.90. The summed E-state index contributed by atoms with van der Waals surface area (Å²) in [6.07, 6.45) is 2.94. The molecule has 0 saturated carbocycles. The number of carbonyl (C=O) groups is 2. The third-order valence-corrected chi connectivity index (χ3v) is 4.61. The molecule has 3 heterocycles. The van der Waals surface area contributed by atoms with Gasteiger partial charge in [-0.25, -0.2) is 9.97 Å². The summed E-state index contributed by atoms with van der Waals surface area (Å²) in [5.41, 5.74) is 0.271. The highest BCUT2D eigenvalue weighted by molar-refractivity contribution is 6.51. The molecule has 1 aromatic carbocycles. The number of Topliss-reactive ketones (excluding diaryl/α,β-unsaturated/α-hetero) is 1. The monoisotopic (exact) mass is 391 g/mol. The van der Waals surface area contributed by atoms with E-state index >= 15 is 0 Å². The first-order chi connectivity index (χ1) is 14.0. The fourth-order valence-electron chi connectivity index (χ4n) is 3.23. The minimum atomic E-state index is -0.992. The first kappa shape index (κ1) is 18.4. The number of aromatic nitrogens is 2. The number of aryl methyl sites for hydroxylation is 1. The molecule has 1 aliphatic heterocycles. The fourth-order valence-corrected chi connectivity index (χ4v) is 3.23. The normalized spacial score (nSPS) is 18.3. The number of hydrogen-bond acceptors (Lipinski definition) is 7. The number of benzene rings is 1. The van der Waals surface area contributed by atoms with Crippen molar-refractivity contribution in [3.8, 4) is 5.75 Å². The van der Waals surface area contributed by atoms with Gasteiger partial charge in [0, 0.05) is 18.0 Å². The Morgan fingerprint density at radius 2 is 1.79 bits per heavy atom. The number of furan rings is 1. The lowest BCUT2D eigenvalue weighted by Gasteiger charge is -2.21. The molecule has 1 amide bonds. The van der Waals surface area contributed by atoms with Gasteiger partial charge in [0.05, 0.1) is 12.7 Å². The van der Waals surface area contributed by atoms with Crippen molar-refractivity contribution in [3.05, 3.63) is 77.5 Å². The number of hydrogen-bond donors (Lipinski definition) is 1. The number of anilines is 1. The van der Waals surface area contributed by atoms with Crippen LogP contribution in [-0.4, -0.2) is 33.9 Å². The maximum absolute atomic E-state index is 12.9. The Kier molecular flexibility index (Phi) is 4.59. The van der Waals surface area contributed by atoms with Crippen molar-refractivity contribution in [2.24, 2.45) is 0 Å². The van der Waals surface area contributed by atoms with E-state index < -0.39 is 17.7 Å². The molecule has 1 atom stereocenters. The van der Waals surface area contributed by atoms with Crippen molar-refractivity contribution in [1.82, 2.24) is 9.97 Å². The zero-order valence-electron chi connectivity index (χ0n) is 15.7. The second-order valence-corrected chi connectivity index (χ2v) is 6.39. The van der Waals surface area contributed by atoms with Gasteiger partial charge in [-0.05, 0) is 49.4 Å². The first-order valence-electron chi connectivity index (χ1n) is 8.80. The number of amides is 1. The molecule has 0 spiro atoms. The summed E-state index contributed by atoms with van der Waals surface area (Å²) in [5.74, 6) is -0.438. The SMILES string of the molecule is COc1ccc(/C(O)=C2/C(=O)C(=O)N(c3ncccn3)C2c2ccc(C)o2)cc1. The third-order valence-electron chi connectivity index (χ3n) is 4.61. The molecule has 0 bridgehead atoms. The van der Waals surface area contributed by atoms with Crippen molar-refractivity contribution < 1.29 is 23.8 Å². The molecular formula is C21H17N3O5. The van der Waals surface area contributed by atoms with Gasteiger partial charge < -0.3 is 14.3 Å². The highest BCUT2D eigenvalue weighted by Crippen LogP contribution is 2.41. The van der Waals surface area contributed by atoms with Crippen LogP contribution >= 0.6 is 0 Å². The van der Waals surface area contributed by atoms with Gasteiger partial charge in [0.2, 0.25) is 5.95 Å². The molecule has 2 aromatic heterocycles. The molecule has 8 nitrogen and oxygen atoms in total. The number of ether oxygens (including phenoxy) is 1. The van der Waals surface area contributed by atoms with E-state index in [-0.39, 0.29) is 17.3 Å². The molecular weight excluding hydrogens is 374 g/mol. The minimum Gasteiger partial charge on any atom is -0.507 e. The Bertz CT molecular complexity index is 1100. The smallest absolute Gasteiger partial charge is 0.302 e. The van der Waals surface area contributed by atoms with Gasteiger partial charge in [0.1, 0.15) is 29.1 Å². The number of aliphatic hydroxyl groups is 1. The second-order valence-electron chi connectivity index (χ2n) is 6.39. The summed E-state index contributed by atoms with van der Waals surface area (Å²) in [6, 6.07) is 10.5. The van der Waals surface area contributed by atoms with E-state index in [1.54, 1.807) is 49.4 Å². The molecule has 1 aliphatic rings. The molecule has 8 heteroatoms. The van der Waals surface area contributed by atoms with Gasteiger partial charge in [-0.15, -0.1) is 0 Å². The van der Waals surface area contributed by atoms with Crippen molar-refractivity contribution in [3.63, 3.8) is 0 Å². The van der Waals surface area contributed by atoms with E-state index in [0.717, 1.165) is 4.90 Å². The predicted molar refractivity (Wildman–Crippen MR) is 103 cm³/mol. The predicted octanol–water partition coefficient (Wildman–Crippen LogP) is 3.01. The number of nitrogens with zero attached hydrogens (tertiary/aromatic N) is 3. The molecule has 0 aliphatic carbocycles. The Labute approximate surface area is 166 Å². The lowest BCUT2D eigenvalue weighted by atomic mass is 9.99. The average molecular weight is 391 g/mol.